The van der Waals surface area contributed by atoms with Gasteiger partial charge in [-0.05, 0) is 25.1 Å². The van der Waals surface area contributed by atoms with E-state index in [9.17, 15) is 10.0 Å². The van der Waals surface area contributed by atoms with E-state index in [0.29, 0.717) is 13.2 Å². The van der Waals surface area contributed by atoms with Crippen molar-refractivity contribution in [1.82, 2.24) is 0 Å². The first-order valence-electron chi connectivity index (χ1n) is 6.28. The molecule has 1 aliphatic heterocycles. The van der Waals surface area contributed by atoms with Crippen LogP contribution in [0.1, 0.15) is 17.3 Å². The molecule has 6 heteroatoms. The lowest BCUT2D eigenvalue weighted by atomic mass is 10.1. The van der Waals surface area contributed by atoms with Crippen molar-refractivity contribution in [2.24, 2.45) is 0 Å². The van der Waals surface area contributed by atoms with E-state index >= 15 is 0 Å². The molecule has 0 bridgehead atoms. The summed E-state index contributed by atoms with van der Waals surface area (Å²) < 4.78 is 10.2. The molecule has 0 radical (unpaired) electrons. The lowest BCUT2D eigenvalue weighted by Crippen LogP contribution is -2.36. The topological polar surface area (TPSA) is 73.9 Å². The van der Waals surface area contributed by atoms with Crippen LogP contribution in [0.2, 0.25) is 0 Å². The Morgan fingerprint density at radius 2 is 2.21 bits per heavy atom. The van der Waals surface area contributed by atoms with E-state index in [2.05, 4.69) is 4.90 Å². The van der Waals surface area contributed by atoms with Crippen LogP contribution < -0.4 is 10.4 Å². The fraction of sp³-hybridized carbons (Fsp3) is 0.462. The molecule has 0 amide bonds. The average molecular weight is 265 g/mol. The number of nitrogens with zero attached hydrogens (tertiary/aromatic N) is 1. The molecular weight excluding hydrogens is 248 g/mol. The maximum absolute atomic E-state index is 11.8. The summed E-state index contributed by atoms with van der Waals surface area (Å²) in [5, 5.41) is 10.9. The molecule has 0 saturated carbocycles. The van der Waals surface area contributed by atoms with Gasteiger partial charge in [-0.3, -0.25) is 0 Å². The molecule has 1 aromatic rings. The highest BCUT2D eigenvalue weighted by molar-refractivity contribution is 5.97. The Kier molecular flexibility index (Phi) is 4.59. The van der Waals surface area contributed by atoms with Crippen LogP contribution in [-0.2, 0) is 9.47 Å². The number of esters is 1. The standard InChI is InChI=1S/C13H17N2O4/c1-2-19-13(16)11-9-10(3-4-12(11)14-17)15-5-7-18-8-6-15/h3-4,9,14H,2,5-8H2,1H3/q-1. The number of anilines is 2. The molecule has 0 atom stereocenters. The molecule has 1 aliphatic rings. The molecule has 1 N–H and O–H groups in total. The van der Waals surface area contributed by atoms with Crippen molar-refractivity contribution in [3.05, 3.63) is 29.0 Å². The number of morpholine rings is 1. The molecule has 1 fully saturated rings. The zero-order valence-electron chi connectivity index (χ0n) is 10.8. The van der Waals surface area contributed by atoms with Gasteiger partial charge in [-0.2, -0.15) is 0 Å². The summed E-state index contributed by atoms with van der Waals surface area (Å²) in [6.45, 7) is 4.87. The fourth-order valence-corrected chi connectivity index (χ4v) is 2.02. The van der Waals surface area contributed by atoms with E-state index < -0.39 is 5.97 Å². The summed E-state index contributed by atoms with van der Waals surface area (Å²) >= 11 is 0. The first-order valence-corrected chi connectivity index (χ1v) is 6.28. The molecule has 19 heavy (non-hydrogen) atoms. The van der Waals surface area contributed by atoms with Crippen LogP contribution >= 0.6 is 0 Å². The number of hydrogen-bond donors (Lipinski definition) is 1. The predicted molar refractivity (Wildman–Crippen MR) is 72.4 cm³/mol. The largest absolute Gasteiger partial charge is 0.761 e. The van der Waals surface area contributed by atoms with Crippen LogP contribution in [0.15, 0.2) is 18.2 Å². The Bertz CT molecular complexity index is 444. The van der Waals surface area contributed by atoms with Crippen LogP contribution in [0.25, 0.3) is 0 Å². The molecule has 1 saturated heterocycles. The predicted octanol–water partition coefficient (Wildman–Crippen LogP) is 1.61. The molecule has 0 aliphatic carbocycles. The fourth-order valence-electron chi connectivity index (χ4n) is 2.02. The molecule has 2 rings (SSSR count). The van der Waals surface area contributed by atoms with E-state index in [1.54, 1.807) is 24.5 Å². The molecule has 6 nitrogen and oxygen atoms in total. The SMILES string of the molecule is CCOC(=O)c1cc(N2CCOCC2)ccc1N[O-]. The second kappa shape index (κ2) is 6.40. The second-order valence-corrected chi connectivity index (χ2v) is 4.15. The molecular formula is C13H17N2O4-. The highest BCUT2D eigenvalue weighted by Crippen LogP contribution is 2.24. The van der Waals surface area contributed by atoms with Gasteiger partial charge >= 0.3 is 5.97 Å². The van der Waals surface area contributed by atoms with E-state index in [4.69, 9.17) is 9.47 Å². The third-order valence-corrected chi connectivity index (χ3v) is 2.98. The Balaban J connectivity index is 2.26. The second-order valence-electron chi connectivity index (χ2n) is 4.15. The summed E-state index contributed by atoms with van der Waals surface area (Å²) in [6, 6.07) is 5.10. The first kappa shape index (κ1) is 13.6. The molecule has 0 aromatic heterocycles. The van der Waals surface area contributed by atoms with Crippen molar-refractivity contribution in [2.75, 3.05) is 43.3 Å². The summed E-state index contributed by atoms with van der Waals surface area (Å²) in [4.78, 5) is 13.9. The maximum atomic E-state index is 11.8. The minimum atomic E-state index is -0.490. The van der Waals surface area contributed by atoms with Crippen molar-refractivity contribution in [3.8, 4) is 0 Å². The van der Waals surface area contributed by atoms with Crippen LogP contribution in [0, 0.1) is 5.21 Å². The summed E-state index contributed by atoms with van der Waals surface area (Å²) in [5.41, 5.74) is 3.16. The highest BCUT2D eigenvalue weighted by atomic mass is 16.5. The lowest BCUT2D eigenvalue weighted by molar-refractivity contribution is 0.0527. The van der Waals surface area contributed by atoms with Gasteiger partial charge in [0, 0.05) is 24.5 Å². The van der Waals surface area contributed by atoms with Crippen molar-refractivity contribution >= 4 is 17.3 Å². The third-order valence-electron chi connectivity index (χ3n) is 2.98. The normalized spacial score (nSPS) is 15.2. The van der Waals surface area contributed by atoms with Gasteiger partial charge in [0.2, 0.25) is 0 Å². The zero-order chi connectivity index (χ0) is 13.7. The Morgan fingerprint density at radius 3 is 2.84 bits per heavy atom. The van der Waals surface area contributed by atoms with E-state index in [0.717, 1.165) is 18.8 Å². The van der Waals surface area contributed by atoms with Crippen molar-refractivity contribution in [1.29, 1.82) is 0 Å². The minimum absolute atomic E-state index is 0.232. The first-order chi connectivity index (χ1) is 9.26. The molecule has 0 spiro atoms. The van der Waals surface area contributed by atoms with Gasteiger partial charge in [0.1, 0.15) is 0 Å². The Hall–Kier alpha value is -1.79. The molecule has 0 unspecified atom stereocenters. The zero-order valence-corrected chi connectivity index (χ0v) is 10.8. The van der Waals surface area contributed by atoms with Gasteiger partial charge in [-0.25, -0.2) is 4.79 Å². The number of rotatable bonds is 4. The maximum Gasteiger partial charge on any atom is 0.340 e. The van der Waals surface area contributed by atoms with E-state index in [1.807, 2.05) is 6.07 Å². The van der Waals surface area contributed by atoms with Gasteiger partial charge in [-0.1, -0.05) is 0 Å². The lowest BCUT2D eigenvalue weighted by Gasteiger charge is -2.29. The monoisotopic (exact) mass is 265 g/mol. The summed E-state index contributed by atoms with van der Waals surface area (Å²) in [6.07, 6.45) is 0. The molecule has 1 aromatic carbocycles. The van der Waals surface area contributed by atoms with Gasteiger partial charge in [0.15, 0.2) is 0 Å². The Morgan fingerprint density at radius 1 is 1.47 bits per heavy atom. The van der Waals surface area contributed by atoms with E-state index in [-0.39, 0.29) is 17.9 Å². The van der Waals surface area contributed by atoms with Gasteiger partial charge < -0.3 is 25.1 Å². The number of nitrogens with one attached hydrogen (secondary N) is 1. The van der Waals surface area contributed by atoms with Crippen LogP contribution in [-0.4, -0.2) is 38.9 Å². The number of hydrogen-bond acceptors (Lipinski definition) is 6. The van der Waals surface area contributed by atoms with Crippen LogP contribution in [0.4, 0.5) is 11.4 Å². The quantitative estimate of drug-likeness (QED) is 0.658. The third kappa shape index (κ3) is 3.15. The van der Waals surface area contributed by atoms with Crippen LogP contribution in [0.3, 0.4) is 0 Å². The molecule has 104 valence electrons. The van der Waals surface area contributed by atoms with Crippen molar-refractivity contribution in [2.45, 2.75) is 6.92 Å². The molecule has 1 heterocycles. The van der Waals surface area contributed by atoms with Crippen LogP contribution in [0.5, 0.6) is 0 Å². The number of benzene rings is 1. The average Bonchev–Trinajstić information content (AvgIpc) is 2.47. The van der Waals surface area contributed by atoms with Gasteiger partial charge in [0.05, 0.1) is 25.4 Å². The minimum Gasteiger partial charge on any atom is -0.761 e. The summed E-state index contributed by atoms with van der Waals surface area (Å²) in [7, 11) is 0. The summed E-state index contributed by atoms with van der Waals surface area (Å²) in [5.74, 6) is -0.490. The highest BCUT2D eigenvalue weighted by Gasteiger charge is 2.16. The van der Waals surface area contributed by atoms with Gasteiger partial charge in [0.25, 0.3) is 0 Å². The van der Waals surface area contributed by atoms with Crippen molar-refractivity contribution < 1.29 is 14.3 Å². The Labute approximate surface area is 111 Å². The number of carbonyl (C=O) groups excluding carboxylic acids is 1. The smallest absolute Gasteiger partial charge is 0.340 e. The van der Waals surface area contributed by atoms with Gasteiger partial charge in [-0.15, -0.1) is 0 Å². The number of ether oxygens (including phenoxy) is 2. The van der Waals surface area contributed by atoms with E-state index in [1.165, 1.54) is 0 Å². The van der Waals surface area contributed by atoms with Crippen molar-refractivity contribution in [3.63, 3.8) is 0 Å². The number of carbonyl (C=O) groups is 1.